The zero-order valence-electron chi connectivity index (χ0n) is 6.92. The Morgan fingerprint density at radius 2 is 2.18 bits per heavy atom. The molecule has 0 spiro atoms. The number of hydrogen-bond donors (Lipinski definition) is 1. The number of benzene rings is 1. The fourth-order valence-corrected chi connectivity index (χ4v) is 1.51. The summed E-state index contributed by atoms with van der Waals surface area (Å²) in [6.07, 6.45) is 2.10. The third-order valence-electron chi connectivity index (χ3n) is 1.65. The summed E-state index contributed by atoms with van der Waals surface area (Å²) in [6.45, 7) is 2.04. The summed E-state index contributed by atoms with van der Waals surface area (Å²) >= 11 is 1.83. The molecule has 1 rings (SSSR count). The largest absolute Gasteiger partial charge is 0.399 e. The van der Waals surface area contributed by atoms with Crippen LogP contribution in [0.15, 0.2) is 18.2 Å². The minimum absolute atomic E-state index is 0.884. The van der Waals surface area contributed by atoms with Crippen LogP contribution >= 0.6 is 11.8 Å². The highest BCUT2D eigenvalue weighted by Crippen LogP contribution is 2.15. The summed E-state index contributed by atoms with van der Waals surface area (Å²) in [7, 11) is 0. The molecule has 0 radical (unpaired) electrons. The molecule has 0 aliphatic carbocycles. The van der Waals surface area contributed by atoms with Crippen LogP contribution in [0.25, 0.3) is 0 Å². The fraction of sp³-hybridized carbons (Fsp3) is 0.333. The van der Waals surface area contributed by atoms with E-state index in [9.17, 15) is 0 Å². The van der Waals surface area contributed by atoms with Gasteiger partial charge in [0.25, 0.3) is 0 Å². The van der Waals surface area contributed by atoms with Crippen molar-refractivity contribution in [3.05, 3.63) is 29.3 Å². The standard InChI is InChI=1S/C9H13NS/c1-7-5-8(6-11-2)3-4-9(7)10/h3-5H,6,10H2,1-2H3. The maximum Gasteiger partial charge on any atom is 0.0343 e. The van der Waals surface area contributed by atoms with E-state index in [1.165, 1.54) is 11.1 Å². The maximum absolute atomic E-state index is 5.68. The van der Waals surface area contributed by atoms with Gasteiger partial charge < -0.3 is 5.73 Å². The van der Waals surface area contributed by atoms with Crippen molar-refractivity contribution < 1.29 is 0 Å². The molecule has 1 aromatic carbocycles. The maximum atomic E-state index is 5.68. The van der Waals surface area contributed by atoms with E-state index in [4.69, 9.17) is 5.73 Å². The Labute approximate surface area is 72.0 Å². The van der Waals surface area contributed by atoms with Crippen molar-refractivity contribution in [2.24, 2.45) is 0 Å². The SMILES string of the molecule is CSCc1ccc(N)c(C)c1. The zero-order valence-corrected chi connectivity index (χ0v) is 7.74. The zero-order chi connectivity index (χ0) is 8.27. The lowest BCUT2D eigenvalue weighted by atomic mass is 10.1. The van der Waals surface area contributed by atoms with Gasteiger partial charge in [0.15, 0.2) is 0 Å². The molecule has 0 fully saturated rings. The summed E-state index contributed by atoms with van der Waals surface area (Å²) in [5.74, 6) is 1.07. The van der Waals surface area contributed by atoms with E-state index in [0.717, 1.165) is 11.4 Å². The van der Waals surface area contributed by atoms with Crippen molar-refractivity contribution in [3.63, 3.8) is 0 Å². The van der Waals surface area contributed by atoms with Crippen molar-refractivity contribution in [1.29, 1.82) is 0 Å². The molecule has 0 amide bonds. The van der Waals surface area contributed by atoms with Crippen LogP contribution in [0, 0.1) is 6.92 Å². The fourth-order valence-electron chi connectivity index (χ4n) is 0.994. The van der Waals surface area contributed by atoms with Crippen LogP contribution in [-0.4, -0.2) is 6.26 Å². The average Bonchev–Trinajstić information content (AvgIpc) is 1.98. The highest BCUT2D eigenvalue weighted by atomic mass is 32.2. The number of nitrogens with two attached hydrogens (primary N) is 1. The summed E-state index contributed by atoms with van der Waals surface area (Å²) in [6, 6.07) is 6.20. The monoisotopic (exact) mass is 167 g/mol. The van der Waals surface area contributed by atoms with Gasteiger partial charge in [-0.1, -0.05) is 12.1 Å². The lowest BCUT2D eigenvalue weighted by Gasteiger charge is -2.02. The van der Waals surface area contributed by atoms with Gasteiger partial charge in [-0.2, -0.15) is 11.8 Å². The van der Waals surface area contributed by atoms with Crippen LogP contribution in [0.3, 0.4) is 0 Å². The number of thioether (sulfide) groups is 1. The lowest BCUT2D eigenvalue weighted by Crippen LogP contribution is -1.90. The van der Waals surface area contributed by atoms with Gasteiger partial charge in [0.05, 0.1) is 0 Å². The van der Waals surface area contributed by atoms with Gasteiger partial charge in [-0.3, -0.25) is 0 Å². The summed E-state index contributed by atoms with van der Waals surface area (Å²) < 4.78 is 0. The average molecular weight is 167 g/mol. The van der Waals surface area contributed by atoms with Crippen molar-refractivity contribution in [2.45, 2.75) is 12.7 Å². The first-order valence-electron chi connectivity index (χ1n) is 3.58. The molecule has 0 atom stereocenters. The molecule has 0 saturated heterocycles. The molecule has 2 heteroatoms. The van der Waals surface area contributed by atoms with E-state index < -0.39 is 0 Å². The van der Waals surface area contributed by atoms with E-state index in [1.807, 2.05) is 24.8 Å². The normalized spacial score (nSPS) is 10.0. The van der Waals surface area contributed by atoms with E-state index >= 15 is 0 Å². The first-order valence-corrected chi connectivity index (χ1v) is 4.97. The van der Waals surface area contributed by atoms with E-state index in [2.05, 4.69) is 18.4 Å². The Hall–Kier alpha value is -0.630. The topological polar surface area (TPSA) is 26.0 Å². The first-order chi connectivity index (χ1) is 5.24. The molecule has 0 saturated carbocycles. The second-order valence-corrected chi connectivity index (χ2v) is 3.49. The molecular weight excluding hydrogens is 154 g/mol. The van der Waals surface area contributed by atoms with Crippen LogP contribution in [0.2, 0.25) is 0 Å². The van der Waals surface area contributed by atoms with E-state index in [1.54, 1.807) is 0 Å². The highest BCUT2D eigenvalue weighted by Gasteiger charge is 1.94. The molecule has 0 aromatic heterocycles. The van der Waals surface area contributed by atoms with Gasteiger partial charge in [0.1, 0.15) is 0 Å². The van der Waals surface area contributed by atoms with E-state index in [-0.39, 0.29) is 0 Å². The van der Waals surface area contributed by atoms with Crippen LogP contribution in [0.4, 0.5) is 5.69 Å². The Balaban J connectivity index is 2.86. The minimum Gasteiger partial charge on any atom is -0.399 e. The molecule has 11 heavy (non-hydrogen) atoms. The molecule has 0 unspecified atom stereocenters. The number of hydrogen-bond acceptors (Lipinski definition) is 2. The summed E-state index contributed by atoms with van der Waals surface area (Å²) in [5, 5.41) is 0. The van der Waals surface area contributed by atoms with Gasteiger partial charge >= 0.3 is 0 Å². The van der Waals surface area contributed by atoms with Gasteiger partial charge in [0, 0.05) is 11.4 Å². The van der Waals surface area contributed by atoms with E-state index in [0.29, 0.717) is 0 Å². The predicted molar refractivity (Wildman–Crippen MR) is 52.8 cm³/mol. The molecule has 0 heterocycles. The van der Waals surface area contributed by atoms with Crippen molar-refractivity contribution in [3.8, 4) is 0 Å². The minimum atomic E-state index is 0.884. The molecule has 0 aliphatic rings. The van der Waals surface area contributed by atoms with Crippen molar-refractivity contribution in [2.75, 3.05) is 12.0 Å². The Kier molecular flexibility index (Phi) is 2.83. The van der Waals surface area contributed by atoms with Gasteiger partial charge in [-0.05, 0) is 30.4 Å². The van der Waals surface area contributed by atoms with Gasteiger partial charge in [-0.25, -0.2) is 0 Å². The molecular formula is C9H13NS. The van der Waals surface area contributed by atoms with Crippen LogP contribution in [0.1, 0.15) is 11.1 Å². The lowest BCUT2D eigenvalue weighted by molar-refractivity contribution is 1.36. The molecule has 1 nitrogen and oxygen atoms in total. The highest BCUT2D eigenvalue weighted by molar-refractivity contribution is 7.97. The van der Waals surface area contributed by atoms with Crippen LogP contribution in [-0.2, 0) is 5.75 Å². The molecule has 60 valence electrons. The number of aryl methyl sites for hydroxylation is 1. The quantitative estimate of drug-likeness (QED) is 0.685. The Morgan fingerprint density at radius 1 is 1.45 bits per heavy atom. The third kappa shape index (κ3) is 2.15. The Bertz CT molecular complexity index is 245. The van der Waals surface area contributed by atoms with Crippen LogP contribution < -0.4 is 5.73 Å². The smallest absolute Gasteiger partial charge is 0.0343 e. The van der Waals surface area contributed by atoms with Crippen molar-refractivity contribution >= 4 is 17.4 Å². The molecule has 2 N–H and O–H groups in total. The predicted octanol–water partition coefficient (Wildman–Crippen LogP) is 2.44. The first kappa shape index (κ1) is 8.47. The van der Waals surface area contributed by atoms with Gasteiger partial charge in [-0.15, -0.1) is 0 Å². The van der Waals surface area contributed by atoms with Crippen molar-refractivity contribution in [1.82, 2.24) is 0 Å². The number of nitrogen functional groups attached to an aromatic ring is 1. The second kappa shape index (κ2) is 3.67. The molecule has 1 aromatic rings. The Morgan fingerprint density at radius 3 is 2.73 bits per heavy atom. The number of anilines is 1. The second-order valence-electron chi connectivity index (χ2n) is 2.62. The summed E-state index contributed by atoms with van der Waals surface area (Å²) in [5.41, 5.74) is 9.09. The molecule has 0 aliphatic heterocycles. The third-order valence-corrected chi connectivity index (χ3v) is 2.27. The van der Waals surface area contributed by atoms with Gasteiger partial charge in [0.2, 0.25) is 0 Å². The molecule has 0 bridgehead atoms. The number of rotatable bonds is 2. The summed E-state index contributed by atoms with van der Waals surface area (Å²) in [4.78, 5) is 0. The van der Waals surface area contributed by atoms with Crippen LogP contribution in [0.5, 0.6) is 0 Å².